The molecular formula is C22H23BrN4O2. The van der Waals surface area contributed by atoms with Crippen molar-refractivity contribution in [2.45, 2.75) is 25.8 Å². The van der Waals surface area contributed by atoms with Crippen molar-refractivity contribution in [3.05, 3.63) is 64.4 Å². The summed E-state index contributed by atoms with van der Waals surface area (Å²) in [6, 6.07) is 15.1. The first kappa shape index (κ1) is 19.6. The Morgan fingerprint density at radius 2 is 1.86 bits per heavy atom. The van der Waals surface area contributed by atoms with Crippen LogP contribution in [0.1, 0.15) is 29.0 Å². The average molecular weight is 455 g/mol. The van der Waals surface area contributed by atoms with Gasteiger partial charge in [-0.25, -0.2) is 4.98 Å². The number of aromatic nitrogens is 2. The summed E-state index contributed by atoms with van der Waals surface area (Å²) < 4.78 is 2.86. The van der Waals surface area contributed by atoms with E-state index >= 15 is 0 Å². The lowest BCUT2D eigenvalue weighted by molar-refractivity contribution is -0.130. The molecule has 1 N–H and O–H groups in total. The summed E-state index contributed by atoms with van der Waals surface area (Å²) in [5.74, 6) is 0.820. The van der Waals surface area contributed by atoms with E-state index in [1.54, 1.807) is 12.1 Å². The van der Waals surface area contributed by atoms with Gasteiger partial charge < -0.3 is 14.8 Å². The van der Waals surface area contributed by atoms with Gasteiger partial charge in [0.25, 0.3) is 5.91 Å². The average Bonchev–Trinajstić information content (AvgIpc) is 3.37. The smallest absolute Gasteiger partial charge is 0.251 e. The van der Waals surface area contributed by atoms with Crippen LogP contribution in [0.3, 0.4) is 0 Å². The summed E-state index contributed by atoms with van der Waals surface area (Å²) in [4.78, 5) is 31.7. The van der Waals surface area contributed by atoms with E-state index in [0.717, 1.165) is 47.3 Å². The Balaban J connectivity index is 1.47. The zero-order chi connectivity index (χ0) is 20.2. The second-order valence-corrected chi connectivity index (χ2v) is 8.12. The molecule has 1 aliphatic heterocycles. The van der Waals surface area contributed by atoms with Gasteiger partial charge in [-0.3, -0.25) is 9.59 Å². The lowest BCUT2D eigenvalue weighted by Gasteiger charge is -2.17. The van der Waals surface area contributed by atoms with Gasteiger partial charge in [0, 0.05) is 36.1 Å². The molecule has 4 rings (SSSR count). The highest BCUT2D eigenvalue weighted by molar-refractivity contribution is 9.10. The molecule has 2 aromatic carbocycles. The number of para-hydroxylation sites is 2. The van der Waals surface area contributed by atoms with E-state index in [2.05, 4.69) is 21.2 Å². The first-order chi connectivity index (χ1) is 14.1. The van der Waals surface area contributed by atoms with E-state index < -0.39 is 0 Å². The zero-order valence-electron chi connectivity index (χ0n) is 16.1. The molecule has 0 bridgehead atoms. The fourth-order valence-electron chi connectivity index (χ4n) is 3.71. The van der Waals surface area contributed by atoms with E-state index in [-0.39, 0.29) is 18.4 Å². The molecule has 0 radical (unpaired) electrons. The maximum absolute atomic E-state index is 12.7. The number of amides is 2. The Kier molecular flexibility index (Phi) is 5.94. The summed E-state index contributed by atoms with van der Waals surface area (Å²) in [6.07, 6.45) is 2.71. The molecule has 1 aromatic heterocycles. The summed E-state index contributed by atoms with van der Waals surface area (Å²) in [5, 5.41) is 2.95. The van der Waals surface area contributed by atoms with Crippen LogP contribution < -0.4 is 5.32 Å². The van der Waals surface area contributed by atoms with Crippen molar-refractivity contribution in [3.8, 4) is 0 Å². The molecule has 0 unspecified atom stereocenters. The quantitative estimate of drug-likeness (QED) is 0.620. The van der Waals surface area contributed by atoms with Crippen LogP contribution in [0.15, 0.2) is 53.0 Å². The SMILES string of the molecule is O=C(NCCc1nc2ccccc2n1CC(=O)N1CCCC1)c1cccc(Br)c1. The molecule has 1 fully saturated rings. The lowest BCUT2D eigenvalue weighted by Crippen LogP contribution is -2.32. The third kappa shape index (κ3) is 4.50. The summed E-state index contributed by atoms with van der Waals surface area (Å²) in [7, 11) is 0. The van der Waals surface area contributed by atoms with Gasteiger partial charge in [0.1, 0.15) is 12.4 Å². The summed E-state index contributed by atoms with van der Waals surface area (Å²) in [5.41, 5.74) is 2.43. The Labute approximate surface area is 178 Å². The molecular weight excluding hydrogens is 432 g/mol. The Bertz CT molecular complexity index is 1040. The number of carbonyl (C=O) groups excluding carboxylic acids is 2. The van der Waals surface area contributed by atoms with Crippen LogP contribution in [-0.4, -0.2) is 45.9 Å². The maximum Gasteiger partial charge on any atom is 0.251 e. The van der Waals surface area contributed by atoms with Crippen molar-refractivity contribution in [2.24, 2.45) is 0 Å². The highest BCUT2D eigenvalue weighted by atomic mass is 79.9. The number of nitrogens with zero attached hydrogens (tertiary/aromatic N) is 3. The summed E-state index contributed by atoms with van der Waals surface area (Å²) in [6.45, 7) is 2.41. The van der Waals surface area contributed by atoms with E-state index in [1.807, 2.05) is 45.9 Å². The van der Waals surface area contributed by atoms with Gasteiger partial charge in [-0.1, -0.05) is 34.1 Å². The number of carbonyl (C=O) groups is 2. The Morgan fingerprint density at radius 3 is 2.66 bits per heavy atom. The Hall–Kier alpha value is -2.67. The van der Waals surface area contributed by atoms with Crippen molar-refractivity contribution in [1.82, 2.24) is 19.8 Å². The number of rotatable bonds is 6. The standard InChI is InChI=1S/C22H23BrN4O2/c23-17-7-5-6-16(14-17)22(29)24-11-10-20-25-18-8-1-2-9-19(18)27(20)15-21(28)26-12-3-4-13-26/h1-2,5-9,14H,3-4,10-13,15H2,(H,24,29). The monoisotopic (exact) mass is 454 g/mol. The number of hydrogen-bond donors (Lipinski definition) is 1. The number of likely N-dealkylation sites (tertiary alicyclic amines) is 1. The maximum atomic E-state index is 12.7. The highest BCUT2D eigenvalue weighted by Gasteiger charge is 2.20. The minimum Gasteiger partial charge on any atom is -0.352 e. The van der Waals surface area contributed by atoms with Crippen molar-refractivity contribution in [3.63, 3.8) is 0 Å². The molecule has 0 saturated carbocycles. The minimum atomic E-state index is -0.123. The molecule has 1 saturated heterocycles. The fourth-order valence-corrected chi connectivity index (χ4v) is 4.11. The van der Waals surface area contributed by atoms with E-state index in [9.17, 15) is 9.59 Å². The molecule has 2 amide bonds. The molecule has 7 heteroatoms. The third-order valence-corrected chi connectivity index (χ3v) is 5.70. The topological polar surface area (TPSA) is 67.2 Å². The normalized spacial score (nSPS) is 13.8. The van der Waals surface area contributed by atoms with Gasteiger partial charge in [-0.15, -0.1) is 0 Å². The van der Waals surface area contributed by atoms with Crippen LogP contribution in [0.5, 0.6) is 0 Å². The molecule has 0 aliphatic carbocycles. The van der Waals surface area contributed by atoms with Crippen molar-refractivity contribution >= 4 is 38.8 Å². The molecule has 150 valence electrons. The van der Waals surface area contributed by atoms with Crippen LogP contribution in [0, 0.1) is 0 Å². The number of fused-ring (bicyclic) bond motifs is 1. The number of benzene rings is 2. The van der Waals surface area contributed by atoms with E-state index in [0.29, 0.717) is 18.5 Å². The molecule has 3 aromatic rings. The predicted octanol–water partition coefficient (Wildman–Crippen LogP) is 3.39. The number of nitrogens with one attached hydrogen (secondary N) is 1. The number of halogens is 1. The lowest BCUT2D eigenvalue weighted by atomic mass is 10.2. The van der Waals surface area contributed by atoms with Gasteiger partial charge in [0.05, 0.1) is 11.0 Å². The van der Waals surface area contributed by atoms with Crippen molar-refractivity contribution in [1.29, 1.82) is 0 Å². The van der Waals surface area contributed by atoms with Crippen LogP contribution >= 0.6 is 15.9 Å². The van der Waals surface area contributed by atoms with Gasteiger partial charge >= 0.3 is 0 Å². The third-order valence-electron chi connectivity index (χ3n) is 5.21. The first-order valence-corrected chi connectivity index (χ1v) is 10.7. The predicted molar refractivity (Wildman–Crippen MR) is 116 cm³/mol. The van der Waals surface area contributed by atoms with Gasteiger partial charge in [0.15, 0.2) is 0 Å². The highest BCUT2D eigenvalue weighted by Crippen LogP contribution is 2.18. The van der Waals surface area contributed by atoms with Crippen molar-refractivity contribution < 1.29 is 9.59 Å². The molecule has 29 heavy (non-hydrogen) atoms. The molecule has 6 nitrogen and oxygen atoms in total. The fraction of sp³-hybridized carbons (Fsp3) is 0.318. The van der Waals surface area contributed by atoms with Gasteiger partial charge in [0.2, 0.25) is 5.91 Å². The van der Waals surface area contributed by atoms with Gasteiger partial charge in [-0.05, 0) is 43.2 Å². The van der Waals surface area contributed by atoms with E-state index in [1.165, 1.54) is 0 Å². The van der Waals surface area contributed by atoms with Crippen molar-refractivity contribution in [2.75, 3.05) is 19.6 Å². The number of hydrogen-bond acceptors (Lipinski definition) is 3. The summed E-state index contributed by atoms with van der Waals surface area (Å²) >= 11 is 3.39. The molecule has 0 spiro atoms. The molecule has 1 aliphatic rings. The number of imidazole rings is 1. The largest absolute Gasteiger partial charge is 0.352 e. The first-order valence-electron chi connectivity index (χ1n) is 9.87. The van der Waals surface area contributed by atoms with Crippen LogP contribution in [0.25, 0.3) is 11.0 Å². The van der Waals surface area contributed by atoms with Crippen LogP contribution in [0.4, 0.5) is 0 Å². The molecule has 0 atom stereocenters. The molecule has 2 heterocycles. The Morgan fingerprint density at radius 1 is 1.07 bits per heavy atom. The minimum absolute atomic E-state index is 0.123. The van der Waals surface area contributed by atoms with E-state index in [4.69, 9.17) is 4.98 Å². The van der Waals surface area contributed by atoms with Crippen LogP contribution in [0.2, 0.25) is 0 Å². The second-order valence-electron chi connectivity index (χ2n) is 7.21. The zero-order valence-corrected chi connectivity index (χ0v) is 17.7. The van der Waals surface area contributed by atoms with Crippen LogP contribution in [-0.2, 0) is 17.8 Å². The second kappa shape index (κ2) is 8.78. The van der Waals surface area contributed by atoms with Gasteiger partial charge in [-0.2, -0.15) is 0 Å².